The number of aryl methyl sites for hydroxylation is 2. The van der Waals surface area contributed by atoms with Crippen LogP contribution >= 0.6 is 0 Å². The Morgan fingerprint density at radius 1 is 1.12 bits per heavy atom. The Bertz CT molecular complexity index is 697. The van der Waals surface area contributed by atoms with Crippen LogP contribution in [0.15, 0.2) is 42.5 Å². The van der Waals surface area contributed by atoms with Crippen molar-refractivity contribution in [1.29, 1.82) is 0 Å². The number of hydrogen-bond acceptors (Lipinski definition) is 3. The van der Waals surface area contributed by atoms with Gasteiger partial charge in [0.05, 0.1) is 7.11 Å². The molecule has 0 bridgehead atoms. The third-order valence-corrected chi connectivity index (χ3v) is 3.97. The van der Waals surface area contributed by atoms with Gasteiger partial charge in [-0.25, -0.2) is 0 Å². The van der Waals surface area contributed by atoms with Gasteiger partial charge in [-0.1, -0.05) is 38.1 Å². The van der Waals surface area contributed by atoms with Gasteiger partial charge < -0.3 is 14.8 Å². The second-order valence-corrected chi connectivity index (χ2v) is 5.65. The zero-order chi connectivity index (χ0) is 17.5. The lowest BCUT2D eigenvalue weighted by Gasteiger charge is -2.20. The molecule has 0 spiro atoms. The number of para-hydroxylation sites is 1. The van der Waals surface area contributed by atoms with Crippen molar-refractivity contribution in [3.05, 3.63) is 53.6 Å². The lowest BCUT2D eigenvalue weighted by atomic mass is 10.1. The van der Waals surface area contributed by atoms with Crippen molar-refractivity contribution in [3.8, 4) is 11.5 Å². The third-order valence-electron chi connectivity index (χ3n) is 3.97. The van der Waals surface area contributed by atoms with Crippen LogP contribution in [-0.4, -0.2) is 19.1 Å². The lowest BCUT2D eigenvalue weighted by molar-refractivity contribution is -0.122. The van der Waals surface area contributed by atoms with E-state index >= 15 is 0 Å². The number of methoxy groups -OCH3 is 1. The molecule has 0 aliphatic heterocycles. The fraction of sp³-hybridized carbons (Fsp3) is 0.350. The number of ether oxygens (including phenoxy) is 2. The highest BCUT2D eigenvalue weighted by atomic mass is 16.5. The zero-order valence-corrected chi connectivity index (χ0v) is 14.8. The van der Waals surface area contributed by atoms with Gasteiger partial charge in [0.15, 0.2) is 6.10 Å². The number of benzene rings is 2. The Labute approximate surface area is 143 Å². The molecular formula is C20H25NO3. The third kappa shape index (κ3) is 4.28. The molecule has 1 N–H and O–H groups in total. The van der Waals surface area contributed by atoms with E-state index in [1.165, 1.54) is 0 Å². The van der Waals surface area contributed by atoms with E-state index in [1.54, 1.807) is 13.2 Å². The molecule has 1 amide bonds. The van der Waals surface area contributed by atoms with Gasteiger partial charge in [0, 0.05) is 11.8 Å². The van der Waals surface area contributed by atoms with Crippen LogP contribution in [0.3, 0.4) is 0 Å². The van der Waals surface area contributed by atoms with E-state index in [1.807, 2.05) is 50.2 Å². The molecule has 2 rings (SSSR count). The number of rotatable bonds is 7. The Morgan fingerprint density at radius 3 is 2.50 bits per heavy atom. The predicted octanol–water partition coefficient (Wildman–Crippen LogP) is 4.36. The van der Waals surface area contributed by atoms with Crippen LogP contribution < -0.4 is 14.8 Å². The number of amides is 1. The van der Waals surface area contributed by atoms with Gasteiger partial charge in [0.1, 0.15) is 11.5 Å². The van der Waals surface area contributed by atoms with E-state index in [2.05, 4.69) is 12.2 Å². The number of carbonyl (C=O) groups is 1. The van der Waals surface area contributed by atoms with E-state index in [0.717, 1.165) is 23.2 Å². The van der Waals surface area contributed by atoms with Gasteiger partial charge in [-0.2, -0.15) is 0 Å². The average Bonchev–Trinajstić information content (AvgIpc) is 2.61. The van der Waals surface area contributed by atoms with Crippen LogP contribution in [0.2, 0.25) is 0 Å². The van der Waals surface area contributed by atoms with E-state index in [9.17, 15) is 4.79 Å². The summed E-state index contributed by atoms with van der Waals surface area (Å²) in [6.07, 6.45) is 0.891. The van der Waals surface area contributed by atoms with Gasteiger partial charge >= 0.3 is 0 Å². The Kier molecular flexibility index (Phi) is 6.24. The van der Waals surface area contributed by atoms with Gasteiger partial charge in [-0.15, -0.1) is 0 Å². The maximum Gasteiger partial charge on any atom is 0.265 e. The quantitative estimate of drug-likeness (QED) is 0.822. The summed E-state index contributed by atoms with van der Waals surface area (Å²) >= 11 is 0. The maximum atomic E-state index is 12.7. The largest absolute Gasteiger partial charge is 0.497 e. The molecule has 0 saturated carbocycles. The molecule has 4 heteroatoms. The van der Waals surface area contributed by atoms with Crippen molar-refractivity contribution in [2.24, 2.45) is 0 Å². The van der Waals surface area contributed by atoms with Crippen molar-refractivity contribution < 1.29 is 14.3 Å². The normalized spacial score (nSPS) is 11.7. The molecule has 24 heavy (non-hydrogen) atoms. The Hall–Kier alpha value is -2.49. The maximum absolute atomic E-state index is 12.7. The Morgan fingerprint density at radius 2 is 1.83 bits per heavy atom. The van der Waals surface area contributed by atoms with Crippen molar-refractivity contribution in [2.75, 3.05) is 12.4 Å². The number of carbonyl (C=O) groups excluding carboxylic acids is 1. The van der Waals surface area contributed by atoms with E-state index in [-0.39, 0.29) is 5.91 Å². The fourth-order valence-electron chi connectivity index (χ4n) is 2.57. The number of hydrogen-bond donors (Lipinski definition) is 1. The molecule has 0 saturated heterocycles. The first-order valence-corrected chi connectivity index (χ1v) is 8.29. The molecule has 128 valence electrons. The van der Waals surface area contributed by atoms with Crippen LogP contribution in [0, 0.1) is 6.92 Å². The smallest absolute Gasteiger partial charge is 0.265 e. The minimum atomic E-state index is -0.554. The first-order valence-electron chi connectivity index (χ1n) is 8.29. The van der Waals surface area contributed by atoms with Crippen molar-refractivity contribution in [3.63, 3.8) is 0 Å². The van der Waals surface area contributed by atoms with Gasteiger partial charge in [0.25, 0.3) is 5.91 Å². The Balaban J connectivity index is 2.14. The molecule has 1 atom stereocenters. The first-order chi connectivity index (χ1) is 11.6. The molecule has 0 radical (unpaired) electrons. The summed E-state index contributed by atoms with van der Waals surface area (Å²) in [5, 5.41) is 3.03. The first kappa shape index (κ1) is 17.9. The fourth-order valence-corrected chi connectivity index (χ4v) is 2.57. The molecule has 0 aromatic heterocycles. The highest BCUT2D eigenvalue weighted by Gasteiger charge is 2.20. The molecule has 0 aliphatic rings. The minimum Gasteiger partial charge on any atom is -0.497 e. The molecule has 4 nitrogen and oxygen atoms in total. The van der Waals surface area contributed by atoms with E-state index in [0.29, 0.717) is 17.9 Å². The number of nitrogens with one attached hydrogen (secondary N) is 1. The summed E-state index contributed by atoms with van der Waals surface area (Å²) in [6, 6.07) is 13.3. The molecule has 2 aromatic rings. The van der Waals surface area contributed by atoms with Crippen LogP contribution in [0.5, 0.6) is 11.5 Å². The van der Waals surface area contributed by atoms with E-state index < -0.39 is 6.10 Å². The molecule has 0 aliphatic carbocycles. The summed E-state index contributed by atoms with van der Waals surface area (Å²) in [5.74, 6) is 1.19. The van der Waals surface area contributed by atoms with Crippen LogP contribution in [-0.2, 0) is 11.2 Å². The second-order valence-electron chi connectivity index (χ2n) is 5.65. The van der Waals surface area contributed by atoms with Gasteiger partial charge in [0.2, 0.25) is 0 Å². The molecule has 0 heterocycles. The average molecular weight is 327 g/mol. The van der Waals surface area contributed by atoms with Gasteiger partial charge in [-0.05, 0) is 43.0 Å². The topological polar surface area (TPSA) is 47.6 Å². The number of anilines is 1. The second kappa shape index (κ2) is 8.39. The van der Waals surface area contributed by atoms with Crippen LogP contribution in [0.4, 0.5) is 5.69 Å². The summed E-state index contributed by atoms with van der Waals surface area (Å²) in [4.78, 5) is 12.7. The molecule has 0 fully saturated rings. The SMILES string of the molecule is CCc1cccc(C)c1NC(=O)C(CC)Oc1cccc(OC)c1. The summed E-state index contributed by atoms with van der Waals surface area (Å²) in [5.41, 5.74) is 3.07. The van der Waals surface area contributed by atoms with Crippen LogP contribution in [0.25, 0.3) is 0 Å². The summed E-state index contributed by atoms with van der Waals surface area (Å²) in [7, 11) is 1.60. The standard InChI is InChI=1S/C20H25NO3/c1-5-15-10-7-9-14(3)19(15)21-20(22)18(6-2)24-17-12-8-11-16(13-17)23-4/h7-13,18H,5-6H2,1-4H3,(H,21,22). The summed E-state index contributed by atoms with van der Waals surface area (Å²) in [6.45, 7) is 6.01. The van der Waals surface area contributed by atoms with E-state index in [4.69, 9.17) is 9.47 Å². The van der Waals surface area contributed by atoms with Crippen molar-refractivity contribution >= 4 is 11.6 Å². The molecular weight excluding hydrogens is 302 g/mol. The minimum absolute atomic E-state index is 0.135. The molecule has 2 aromatic carbocycles. The summed E-state index contributed by atoms with van der Waals surface area (Å²) < 4.78 is 11.1. The highest BCUT2D eigenvalue weighted by Crippen LogP contribution is 2.24. The monoisotopic (exact) mass is 327 g/mol. The van der Waals surface area contributed by atoms with Crippen molar-refractivity contribution in [2.45, 2.75) is 39.7 Å². The predicted molar refractivity (Wildman–Crippen MR) is 96.9 cm³/mol. The van der Waals surface area contributed by atoms with Crippen LogP contribution in [0.1, 0.15) is 31.4 Å². The lowest BCUT2D eigenvalue weighted by Crippen LogP contribution is -2.33. The highest BCUT2D eigenvalue weighted by molar-refractivity contribution is 5.95. The van der Waals surface area contributed by atoms with Gasteiger partial charge in [-0.3, -0.25) is 4.79 Å². The van der Waals surface area contributed by atoms with Crippen molar-refractivity contribution in [1.82, 2.24) is 0 Å². The zero-order valence-electron chi connectivity index (χ0n) is 14.8. The molecule has 1 unspecified atom stereocenters.